The Labute approximate surface area is 133 Å². The van der Waals surface area contributed by atoms with Crippen LogP contribution in [-0.2, 0) is 11.3 Å². The van der Waals surface area contributed by atoms with Gasteiger partial charge in [-0.15, -0.1) is 0 Å². The van der Waals surface area contributed by atoms with Crippen LogP contribution in [0, 0.1) is 0 Å². The van der Waals surface area contributed by atoms with Gasteiger partial charge in [0.1, 0.15) is 0 Å². The fourth-order valence-electron chi connectivity index (χ4n) is 2.51. The third-order valence-electron chi connectivity index (χ3n) is 3.85. The highest BCUT2D eigenvalue weighted by atomic mass is 16.2. The van der Waals surface area contributed by atoms with E-state index in [1.54, 1.807) is 0 Å². The number of nitrogens with zero attached hydrogens (tertiary/aromatic N) is 1. The summed E-state index contributed by atoms with van der Waals surface area (Å²) in [5.74, 6) is 0.176. The van der Waals surface area contributed by atoms with Crippen LogP contribution in [0.2, 0.25) is 0 Å². The van der Waals surface area contributed by atoms with Gasteiger partial charge < -0.3 is 10.2 Å². The molecule has 1 atom stereocenters. The van der Waals surface area contributed by atoms with Crippen LogP contribution in [0.1, 0.15) is 30.5 Å². The molecular weight excluding hydrogens is 272 g/mol. The van der Waals surface area contributed by atoms with Gasteiger partial charge in [-0.2, -0.15) is 0 Å². The van der Waals surface area contributed by atoms with Crippen LogP contribution >= 0.6 is 0 Å². The fourth-order valence-corrected chi connectivity index (χ4v) is 2.51. The predicted molar refractivity (Wildman–Crippen MR) is 90.4 cm³/mol. The highest BCUT2D eigenvalue weighted by Crippen LogP contribution is 2.23. The Balaban J connectivity index is 2.19. The second-order valence-corrected chi connectivity index (χ2v) is 5.45. The molecule has 22 heavy (non-hydrogen) atoms. The maximum absolute atomic E-state index is 12.6. The zero-order valence-corrected chi connectivity index (χ0v) is 13.3. The van der Waals surface area contributed by atoms with Crippen molar-refractivity contribution in [1.29, 1.82) is 0 Å². The summed E-state index contributed by atoms with van der Waals surface area (Å²) >= 11 is 0. The van der Waals surface area contributed by atoms with E-state index in [9.17, 15) is 4.79 Å². The lowest BCUT2D eigenvalue weighted by molar-refractivity contribution is -0.134. The molecule has 0 fully saturated rings. The van der Waals surface area contributed by atoms with Crippen molar-refractivity contribution in [2.45, 2.75) is 25.9 Å². The van der Waals surface area contributed by atoms with Crippen LogP contribution in [-0.4, -0.2) is 24.4 Å². The van der Waals surface area contributed by atoms with Gasteiger partial charge >= 0.3 is 0 Å². The molecule has 0 radical (unpaired) electrons. The molecule has 2 aromatic rings. The zero-order valence-electron chi connectivity index (χ0n) is 13.3. The van der Waals surface area contributed by atoms with Crippen molar-refractivity contribution < 1.29 is 4.79 Å². The van der Waals surface area contributed by atoms with Crippen molar-refractivity contribution in [3.8, 4) is 0 Å². The molecule has 3 heteroatoms. The highest BCUT2D eigenvalue weighted by molar-refractivity contribution is 5.77. The van der Waals surface area contributed by atoms with Gasteiger partial charge in [-0.3, -0.25) is 4.79 Å². The Morgan fingerprint density at radius 2 is 1.64 bits per heavy atom. The van der Waals surface area contributed by atoms with E-state index in [0.717, 1.165) is 11.1 Å². The van der Waals surface area contributed by atoms with Crippen molar-refractivity contribution in [1.82, 2.24) is 10.2 Å². The minimum Gasteiger partial charge on any atom is -0.332 e. The number of hydrogen-bond acceptors (Lipinski definition) is 2. The Morgan fingerprint density at radius 3 is 2.23 bits per heavy atom. The summed E-state index contributed by atoms with van der Waals surface area (Å²) in [5, 5.41) is 3.05. The summed E-state index contributed by atoms with van der Waals surface area (Å²) in [4.78, 5) is 14.6. The highest BCUT2D eigenvalue weighted by Gasteiger charge is 2.21. The Hall–Kier alpha value is -2.13. The minimum absolute atomic E-state index is 0.0609. The molecule has 0 spiro atoms. The monoisotopic (exact) mass is 296 g/mol. The Morgan fingerprint density at radius 1 is 1.05 bits per heavy atom. The molecule has 0 aliphatic carbocycles. The lowest BCUT2D eigenvalue weighted by atomic mass is 10.1. The SMILES string of the molecule is CNCCC(=O)N(Cc1ccccc1)C(C)c1ccccc1. The van der Waals surface area contributed by atoms with Gasteiger partial charge in [0, 0.05) is 19.5 Å². The molecule has 1 unspecified atom stereocenters. The van der Waals surface area contributed by atoms with Crippen LogP contribution in [0.5, 0.6) is 0 Å². The van der Waals surface area contributed by atoms with Crippen LogP contribution in [0.25, 0.3) is 0 Å². The van der Waals surface area contributed by atoms with E-state index in [1.165, 1.54) is 0 Å². The van der Waals surface area contributed by atoms with Gasteiger partial charge in [0.25, 0.3) is 0 Å². The normalized spacial score (nSPS) is 11.9. The summed E-state index contributed by atoms with van der Waals surface area (Å²) < 4.78 is 0. The summed E-state index contributed by atoms with van der Waals surface area (Å²) in [6.07, 6.45) is 0.514. The van der Waals surface area contributed by atoms with E-state index in [-0.39, 0.29) is 11.9 Å². The zero-order chi connectivity index (χ0) is 15.8. The first-order valence-electron chi connectivity index (χ1n) is 7.75. The second kappa shape index (κ2) is 8.35. The average molecular weight is 296 g/mol. The molecule has 0 aromatic heterocycles. The summed E-state index contributed by atoms with van der Waals surface area (Å²) in [6.45, 7) is 3.43. The van der Waals surface area contributed by atoms with Gasteiger partial charge in [0.05, 0.1) is 6.04 Å². The first-order valence-corrected chi connectivity index (χ1v) is 7.75. The van der Waals surface area contributed by atoms with Crippen LogP contribution in [0.4, 0.5) is 0 Å². The summed E-state index contributed by atoms with van der Waals surface area (Å²) in [6, 6.07) is 20.4. The van der Waals surface area contributed by atoms with Crippen molar-refractivity contribution in [3.63, 3.8) is 0 Å². The number of carbonyl (C=O) groups is 1. The molecule has 0 bridgehead atoms. The standard InChI is InChI=1S/C19H24N2O/c1-16(18-11-7-4-8-12-18)21(19(22)13-14-20-2)15-17-9-5-3-6-10-17/h3-12,16,20H,13-15H2,1-2H3. The number of nitrogens with one attached hydrogen (secondary N) is 1. The molecule has 1 amide bonds. The molecule has 116 valence electrons. The number of amides is 1. The molecule has 2 aromatic carbocycles. The van der Waals surface area contributed by atoms with Crippen molar-refractivity contribution >= 4 is 5.91 Å². The summed E-state index contributed by atoms with van der Waals surface area (Å²) in [5.41, 5.74) is 2.32. The first kappa shape index (κ1) is 16.2. The maximum Gasteiger partial charge on any atom is 0.224 e. The number of carbonyl (C=O) groups excluding carboxylic acids is 1. The molecule has 1 N–H and O–H groups in total. The van der Waals surface area contributed by atoms with Gasteiger partial charge in [0.15, 0.2) is 0 Å². The average Bonchev–Trinajstić information content (AvgIpc) is 2.58. The van der Waals surface area contributed by atoms with Crippen LogP contribution < -0.4 is 5.32 Å². The lowest BCUT2D eigenvalue weighted by Crippen LogP contribution is -2.34. The van der Waals surface area contributed by atoms with E-state index >= 15 is 0 Å². The van der Waals surface area contributed by atoms with Gasteiger partial charge in [-0.1, -0.05) is 60.7 Å². The topological polar surface area (TPSA) is 32.3 Å². The van der Waals surface area contributed by atoms with Gasteiger partial charge in [-0.25, -0.2) is 0 Å². The van der Waals surface area contributed by atoms with Crippen molar-refractivity contribution in [3.05, 3.63) is 71.8 Å². The van der Waals surface area contributed by atoms with Crippen LogP contribution in [0.15, 0.2) is 60.7 Å². The second-order valence-electron chi connectivity index (χ2n) is 5.45. The largest absolute Gasteiger partial charge is 0.332 e. The molecule has 0 aliphatic heterocycles. The van der Waals surface area contributed by atoms with E-state index in [2.05, 4.69) is 36.5 Å². The third-order valence-corrected chi connectivity index (χ3v) is 3.85. The van der Waals surface area contributed by atoms with E-state index in [1.807, 2.05) is 48.3 Å². The first-order chi connectivity index (χ1) is 10.7. The van der Waals surface area contributed by atoms with Crippen LogP contribution in [0.3, 0.4) is 0 Å². The third kappa shape index (κ3) is 4.43. The lowest BCUT2D eigenvalue weighted by Gasteiger charge is -2.30. The predicted octanol–water partition coefficient (Wildman–Crippen LogP) is 3.39. The van der Waals surface area contributed by atoms with E-state index < -0.39 is 0 Å². The van der Waals surface area contributed by atoms with E-state index in [0.29, 0.717) is 19.5 Å². The molecule has 0 saturated heterocycles. The molecule has 2 rings (SSSR count). The summed E-state index contributed by atoms with van der Waals surface area (Å²) in [7, 11) is 1.87. The molecule has 0 aliphatic rings. The Kier molecular flexibility index (Phi) is 6.16. The maximum atomic E-state index is 12.6. The quantitative estimate of drug-likeness (QED) is 0.849. The minimum atomic E-state index is 0.0609. The van der Waals surface area contributed by atoms with Gasteiger partial charge in [0.2, 0.25) is 5.91 Å². The van der Waals surface area contributed by atoms with Gasteiger partial charge in [-0.05, 0) is 25.1 Å². The molecule has 0 heterocycles. The van der Waals surface area contributed by atoms with Crippen molar-refractivity contribution in [2.24, 2.45) is 0 Å². The smallest absolute Gasteiger partial charge is 0.224 e. The molecule has 3 nitrogen and oxygen atoms in total. The number of benzene rings is 2. The van der Waals surface area contributed by atoms with E-state index in [4.69, 9.17) is 0 Å². The number of hydrogen-bond donors (Lipinski definition) is 1. The number of rotatable bonds is 7. The Bertz CT molecular complexity index is 569. The molecular formula is C19H24N2O. The molecule has 0 saturated carbocycles. The van der Waals surface area contributed by atoms with Crippen molar-refractivity contribution in [2.75, 3.05) is 13.6 Å². The fraction of sp³-hybridized carbons (Fsp3) is 0.316.